The number of hydrogen-bond donors (Lipinski definition) is 1. The molecule has 0 saturated carbocycles. The fraction of sp³-hybridized carbons (Fsp3) is 0.333. The van der Waals surface area contributed by atoms with Crippen LogP contribution in [0.3, 0.4) is 0 Å². The number of nitrogens with one attached hydrogen (secondary N) is 1. The lowest BCUT2D eigenvalue weighted by molar-refractivity contribution is -0.111. The van der Waals surface area contributed by atoms with Crippen molar-refractivity contribution in [2.24, 2.45) is 4.99 Å². The Morgan fingerprint density at radius 3 is 2.72 bits per heavy atom. The van der Waals surface area contributed by atoms with E-state index in [1.165, 1.54) is 5.56 Å². The Hall–Kier alpha value is -3.02. The third-order valence-electron chi connectivity index (χ3n) is 5.64. The summed E-state index contributed by atoms with van der Waals surface area (Å²) in [7, 11) is 1.73. The van der Waals surface area contributed by atoms with Gasteiger partial charge in [-0.2, -0.15) is 0 Å². The highest BCUT2D eigenvalue weighted by Crippen LogP contribution is 2.24. The normalized spacial score (nSPS) is 16.8. The van der Waals surface area contributed by atoms with Gasteiger partial charge in [-0.1, -0.05) is 43.0 Å². The SMILES string of the molecule is C=C/C=C(\C=C/C)C(/C=C(\C(C)=O)c1cc2ccc(CCN3CCOCC3)cc2[nH]1)=NC. The van der Waals surface area contributed by atoms with Crippen LogP contribution in [0.4, 0.5) is 0 Å². The number of aromatic nitrogens is 1. The highest BCUT2D eigenvalue weighted by molar-refractivity contribution is 6.27. The van der Waals surface area contributed by atoms with Crippen molar-refractivity contribution < 1.29 is 9.53 Å². The molecule has 0 amide bonds. The number of Topliss-reactive ketones (excluding diaryl/α,β-unsaturated/α-hetero) is 1. The highest BCUT2D eigenvalue weighted by atomic mass is 16.5. The van der Waals surface area contributed by atoms with Gasteiger partial charge in [-0.15, -0.1) is 0 Å². The molecule has 0 aliphatic carbocycles. The molecular formula is C27H33N3O2. The van der Waals surface area contributed by atoms with E-state index in [-0.39, 0.29) is 5.78 Å². The van der Waals surface area contributed by atoms with Crippen molar-refractivity contribution in [2.75, 3.05) is 39.9 Å². The van der Waals surface area contributed by atoms with Gasteiger partial charge in [0.05, 0.1) is 24.6 Å². The topological polar surface area (TPSA) is 57.7 Å². The van der Waals surface area contributed by atoms with Gasteiger partial charge < -0.3 is 9.72 Å². The minimum Gasteiger partial charge on any atom is -0.379 e. The number of carbonyl (C=O) groups excluding carboxylic acids is 1. The first kappa shape index (κ1) is 23.6. The largest absolute Gasteiger partial charge is 0.379 e. The number of hydrogen-bond acceptors (Lipinski definition) is 4. The molecule has 1 aromatic heterocycles. The smallest absolute Gasteiger partial charge is 0.161 e. The van der Waals surface area contributed by atoms with Gasteiger partial charge in [0, 0.05) is 43.2 Å². The van der Waals surface area contributed by atoms with Crippen LogP contribution < -0.4 is 0 Å². The molecule has 3 rings (SSSR count). The van der Waals surface area contributed by atoms with Crippen molar-refractivity contribution in [2.45, 2.75) is 20.3 Å². The van der Waals surface area contributed by atoms with Crippen LogP contribution in [0.1, 0.15) is 25.1 Å². The Labute approximate surface area is 190 Å². The molecule has 1 aromatic carbocycles. The third kappa shape index (κ3) is 6.02. The van der Waals surface area contributed by atoms with Gasteiger partial charge in [-0.25, -0.2) is 0 Å². The first-order chi connectivity index (χ1) is 15.5. The zero-order valence-corrected chi connectivity index (χ0v) is 19.4. The number of aliphatic imine (C=N–C) groups is 1. The molecule has 0 spiro atoms. The molecule has 1 saturated heterocycles. The number of carbonyl (C=O) groups is 1. The van der Waals surface area contributed by atoms with Crippen molar-refractivity contribution in [1.82, 2.24) is 9.88 Å². The van der Waals surface area contributed by atoms with E-state index in [1.54, 1.807) is 20.0 Å². The van der Waals surface area contributed by atoms with E-state index in [2.05, 4.69) is 39.7 Å². The summed E-state index contributed by atoms with van der Waals surface area (Å²) < 4.78 is 5.43. The molecule has 168 valence electrons. The predicted octanol–water partition coefficient (Wildman–Crippen LogP) is 4.77. The number of fused-ring (bicyclic) bond motifs is 1. The molecule has 0 unspecified atom stereocenters. The third-order valence-corrected chi connectivity index (χ3v) is 5.64. The van der Waals surface area contributed by atoms with Crippen molar-refractivity contribution in [3.05, 3.63) is 78.1 Å². The first-order valence-corrected chi connectivity index (χ1v) is 11.1. The number of benzene rings is 1. The fourth-order valence-corrected chi connectivity index (χ4v) is 3.90. The Balaban J connectivity index is 1.87. The van der Waals surface area contributed by atoms with Crippen LogP contribution in [0.25, 0.3) is 16.5 Å². The van der Waals surface area contributed by atoms with E-state index in [4.69, 9.17) is 4.74 Å². The van der Waals surface area contributed by atoms with Crippen LogP contribution in [-0.2, 0) is 16.0 Å². The Morgan fingerprint density at radius 2 is 2.06 bits per heavy atom. The van der Waals surface area contributed by atoms with Crippen LogP contribution in [0, 0.1) is 0 Å². The molecule has 1 fully saturated rings. The zero-order chi connectivity index (χ0) is 22.9. The molecule has 1 aliphatic rings. The number of morpholine rings is 1. The standard InChI is InChI=1S/C27H33N3O2/c1-5-7-22(8-6-2)25(28-4)19-24(20(3)31)27-18-23-10-9-21(17-26(23)29-27)11-12-30-13-15-32-16-14-30/h5-10,17-19,29H,1,11-16H2,2-4H3/b8-6-,22-7+,24-19+,28-25?. The summed E-state index contributed by atoms with van der Waals surface area (Å²) in [5.41, 5.74) is 5.37. The lowest BCUT2D eigenvalue weighted by Gasteiger charge is -2.26. The van der Waals surface area contributed by atoms with Gasteiger partial charge in [0.15, 0.2) is 5.78 Å². The number of aromatic amines is 1. The van der Waals surface area contributed by atoms with E-state index in [0.29, 0.717) is 5.57 Å². The summed E-state index contributed by atoms with van der Waals surface area (Å²) in [5, 5.41) is 1.09. The second kappa shape index (κ2) is 11.6. The van der Waals surface area contributed by atoms with E-state index in [9.17, 15) is 4.79 Å². The summed E-state index contributed by atoms with van der Waals surface area (Å²) in [6, 6.07) is 8.52. The summed E-state index contributed by atoms with van der Waals surface area (Å²) in [4.78, 5) is 22.8. The fourth-order valence-electron chi connectivity index (χ4n) is 3.90. The number of nitrogens with zero attached hydrogens (tertiary/aromatic N) is 2. The molecule has 0 radical (unpaired) electrons. The summed E-state index contributed by atoms with van der Waals surface area (Å²) >= 11 is 0. The summed E-state index contributed by atoms with van der Waals surface area (Å²) in [5.74, 6) is -0.0105. The zero-order valence-electron chi connectivity index (χ0n) is 19.4. The first-order valence-electron chi connectivity index (χ1n) is 11.1. The molecule has 1 N–H and O–H groups in total. The average Bonchev–Trinajstić information content (AvgIpc) is 3.21. The Bertz CT molecular complexity index is 1080. The number of H-pyrrole nitrogens is 1. The monoisotopic (exact) mass is 431 g/mol. The lowest BCUT2D eigenvalue weighted by atomic mass is 10.0. The molecular weight excluding hydrogens is 398 g/mol. The van der Waals surface area contributed by atoms with E-state index >= 15 is 0 Å². The van der Waals surface area contributed by atoms with Gasteiger partial charge in [0.1, 0.15) is 0 Å². The molecule has 2 aromatic rings. The molecule has 5 heteroatoms. The molecule has 1 aliphatic heterocycles. The van der Waals surface area contributed by atoms with Crippen molar-refractivity contribution in [3.63, 3.8) is 0 Å². The number of ether oxygens (including phenoxy) is 1. The quantitative estimate of drug-likeness (QED) is 0.353. The van der Waals surface area contributed by atoms with Gasteiger partial charge in [-0.05, 0) is 49.6 Å². The predicted molar refractivity (Wildman–Crippen MR) is 134 cm³/mol. The van der Waals surface area contributed by atoms with Gasteiger partial charge >= 0.3 is 0 Å². The highest BCUT2D eigenvalue weighted by Gasteiger charge is 2.14. The number of ketones is 1. The van der Waals surface area contributed by atoms with Crippen LogP contribution in [0.5, 0.6) is 0 Å². The second-order valence-electron chi connectivity index (χ2n) is 7.89. The van der Waals surface area contributed by atoms with Crippen molar-refractivity contribution in [1.29, 1.82) is 0 Å². The Morgan fingerprint density at radius 1 is 1.28 bits per heavy atom. The van der Waals surface area contributed by atoms with E-state index in [0.717, 1.165) is 67.2 Å². The van der Waals surface area contributed by atoms with Crippen LogP contribution in [0.2, 0.25) is 0 Å². The van der Waals surface area contributed by atoms with E-state index < -0.39 is 0 Å². The molecule has 0 bridgehead atoms. The van der Waals surface area contributed by atoms with Crippen molar-refractivity contribution >= 4 is 28.0 Å². The maximum absolute atomic E-state index is 12.5. The molecule has 5 nitrogen and oxygen atoms in total. The minimum atomic E-state index is -0.0105. The molecule has 32 heavy (non-hydrogen) atoms. The maximum Gasteiger partial charge on any atom is 0.161 e. The molecule has 0 atom stereocenters. The number of allylic oxidation sites excluding steroid dienone is 7. The summed E-state index contributed by atoms with van der Waals surface area (Å²) in [6.07, 6.45) is 10.4. The molecule has 2 heterocycles. The minimum absolute atomic E-state index is 0.0105. The van der Waals surface area contributed by atoms with Crippen molar-refractivity contribution in [3.8, 4) is 0 Å². The maximum atomic E-state index is 12.5. The van der Waals surface area contributed by atoms with Gasteiger partial charge in [0.25, 0.3) is 0 Å². The van der Waals surface area contributed by atoms with E-state index in [1.807, 2.05) is 37.3 Å². The van der Waals surface area contributed by atoms with Crippen LogP contribution in [0.15, 0.2) is 71.8 Å². The lowest BCUT2D eigenvalue weighted by Crippen LogP contribution is -2.37. The van der Waals surface area contributed by atoms with Gasteiger partial charge in [0.2, 0.25) is 0 Å². The van der Waals surface area contributed by atoms with Crippen LogP contribution >= 0.6 is 0 Å². The second-order valence-corrected chi connectivity index (χ2v) is 7.89. The van der Waals surface area contributed by atoms with Crippen LogP contribution in [-0.4, -0.2) is 61.3 Å². The van der Waals surface area contributed by atoms with Gasteiger partial charge in [-0.3, -0.25) is 14.7 Å². The number of rotatable bonds is 9. The summed E-state index contributed by atoms with van der Waals surface area (Å²) in [6.45, 7) is 12.0. The Kier molecular flexibility index (Phi) is 8.54. The average molecular weight is 432 g/mol.